The molecule has 8 nitrogen and oxygen atoms in total. The molecule has 0 radical (unpaired) electrons. The van der Waals surface area contributed by atoms with E-state index in [0.29, 0.717) is 5.56 Å². The molecule has 0 bridgehead atoms. The van der Waals surface area contributed by atoms with Gasteiger partial charge in [0.05, 0.1) is 5.69 Å². The predicted molar refractivity (Wildman–Crippen MR) is 74.6 cm³/mol. The molecule has 3 rings (SSSR count). The first-order chi connectivity index (χ1) is 11.2. The van der Waals surface area contributed by atoms with Crippen molar-refractivity contribution < 1.29 is 22.8 Å². The fraction of sp³-hybridized carbons (Fsp3) is 0.0769. The maximum atomic E-state index is 12.1. The molecule has 2 aromatic heterocycles. The molecule has 0 atom stereocenters. The van der Waals surface area contributed by atoms with Crippen LogP contribution in [-0.2, 0) is 0 Å². The number of H-pyrrole nitrogens is 1. The van der Waals surface area contributed by atoms with E-state index in [2.05, 4.69) is 14.7 Å². The molecule has 2 heterocycles. The van der Waals surface area contributed by atoms with Crippen molar-refractivity contribution in [2.75, 3.05) is 0 Å². The average Bonchev–Trinajstić information content (AvgIpc) is 2.91. The van der Waals surface area contributed by atoms with Gasteiger partial charge in [-0.2, -0.15) is 0 Å². The summed E-state index contributed by atoms with van der Waals surface area (Å²) in [5.41, 5.74) is -0.197. The Morgan fingerprint density at radius 3 is 2.46 bits per heavy atom. The van der Waals surface area contributed by atoms with Gasteiger partial charge in [0.2, 0.25) is 0 Å². The normalized spacial score (nSPS) is 11.6. The lowest BCUT2D eigenvalue weighted by Crippen LogP contribution is -2.17. The monoisotopic (exact) mass is 340 g/mol. The highest BCUT2D eigenvalue weighted by atomic mass is 19.4. The number of benzene rings is 1. The van der Waals surface area contributed by atoms with Gasteiger partial charge in [-0.25, -0.2) is 0 Å². The summed E-state index contributed by atoms with van der Waals surface area (Å²) < 4.78 is 41.3. The van der Waals surface area contributed by atoms with Crippen molar-refractivity contribution >= 4 is 11.5 Å². The molecule has 1 N–H and O–H groups in total. The summed E-state index contributed by atoms with van der Waals surface area (Å²) in [6.45, 7) is 0. The number of fused-ring (bicyclic) bond motifs is 1. The molecule has 0 saturated heterocycles. The van der Waals surface area contributed by atoms with Crippen molar-refractivity contribution in [1.82, 2.24) is 14.4 Å². The number of alkyl halides is 3. The molecule has 0 unspecified atom stereocenters. The van der Waals surface area contributed by atoms with Gasteiger partial charge in [0.1, 0.15) is 11.9 Å². The fourth-order valence-corrected chi connectivity index (χ4v) is 2.07. The summed E-state index contributed by atoms with van der Waals surface area (Å²) in [6, 6.07) is 4.79. The van der Waals surface area contributed by atoms with Crippen LogP contribution in [0.3, 0.4) is 0 Å². The topological polar surface area (TPSA) is 103 Å². The van der Waals surface area contributed by atoms with Gasteiger partial charge in [-0.1, -0.05) is 0 Å². The van der Waals surface area contributed by atoms with E-state index in [0.717, 1.165) is 18.3 Å². The molecule has 11 heteroatoms. The summed E-state index contributed by atoms with van der Waals surface area (Å²) in [6.07, 6.45) is -2.37. The van der Waals surface area contributed by atoms with Gasteiger partial charge >= 0.3 is 23.4 Å². The highest BCUT2D eigenvalue weighted by Crippen LogP contribution is 2.25. The summed E-state index contributed by atoms with van der Waals surface area (Å²) in [7, 11) is 0. The van der Waals surface area contributed by atoms with E-state index in [1.165, 1.54) is 22.7 Å². The second-order valence-corrected chi connectivity index (χ2v) is 4.66. The SMILES string of the molecule is O=c1[nH]c(-c2ccc(OC(F)(F)F)cc2)cn2cc([N+](=O)[O-])nc12. The second-order valence-electron chi connectivity index (χ2n) is 4.66. The van der Waals surface area contributed by atoms with E-state index in [-0.39, 0.29) is 11.3 Å². The van der Waals surface area contributed by atoms with Gasteiger partial charge in [0.25, 0.3) is 0 Å². The van der Waals surface area contributed by atoms with Crippen molar-refractivity contribution in [2.45, 2.75) is 6.36 Å². The molecule has 0 spiro atoms. The minimum atomic E-state index is -4.80. The second kappa shape index (κ2) is 5.37. The van der Waals surface area contributed by atoms with Crippen LogP contribution in [-0.4, -0.2) is 25.7 Å². The molecule has 0 aliphatic rings. The zero-order chi connectivity index (χ0) is 17.5. The zero-order valence-corrected chi connectivity index (χ0v) is 11.6. The maximum absolute atomic E-state index is 12.1. The molecule has 3 aromatic rings. The third kappa shape index (κ3) is 3.04. The number of nitro groups is 1. The Morgan fingerprint density at radius 1 is 1.21 bits per heavy atom. The minimum Gasteiger partial charge on any atom is -0.406 e. The zero-order valence-electron chi connectivity index (χ0n) is 11.6. The number of halogens is 3. The number of aromatic nitrogens is 3. The summed E-state index contributed by atoms with van der Waals surface area (Å²) >= 11 is 0. The highest BCUT2D eigenvalue weighted by Gasteiger charge is 2.31. The van der Waals surface area contributed by atoms with E-state index in [1.54, 1.807) is 0 Å². The first-order valence-corrected chi connectivity index (χ1v) is 6.35. The quantitative estimate of drug-likeness (QED) is 0.583. The van der Waals surface area contributed by atoms with E-state index in [9.17, 15) is 28.1 Å². The fourth-order valence-electron chi connectivity index (χ4n) is 2.07. The number of imidazole rings is 1. The van der Waals surface area contributed by atoms with Crippen molar-refractivity contribution in [2.24, 2.45) is 0 Å². The molecule has 0 amide bonds. The number of rotatable bonds is 3. The van der Waals surface area contributed by atoms with E-state index in [4.69, 9.17) is 0 Å². The van der Waals surface area contributed by atoms with Gasteiger partial charge < -0.3 is 19.8 Å². The number of aromatic amines is 1. The highest BCUT2D eigenvalue weighted by molar-refractivity contribution is 5.61. The third-order valence-corrected chi connectivity index (χ3v) is 3.03. The van der Waals surface area contributed by atoms with Crippen molar-refractivity contribution in [3.63, 3.8) is 0 Å². The molecular formula is C13H7F3N4O4. The van der Waals surface area contributed by atoms with Gasteiger partial charge in [-0.15, -0.1) is 13.2 Å². The van der Waals surface area contributed by atoms with Crippen LogP contribution in [0.1, 0.15) is 0 Å². The minimum absolute atomic E-state index is 0.164. The molecule has 24 heavy (non-hydrogen) atoms. The first kappa shape index (κ1) is 15.5. The standard InChI is InChI=1S/C13H7F3N4O4/c14-13(15,16)24-8-3-1-7(2-4-8)9-5-19-6-10(20(22)23)18-11(19)12(21)17-9/h1-6H,(H,17,21). The van der Waals surface area contributed by atoms with E-state index < -0.39 is 28.4 Å². The van der Waals surface area contributed by atoms with Crippen molar-refractivity contribution in [1.29, 1.82) is 0 Å². The van der Waals surface area contributed by atoms with Gasteiger partial charge in [-0.05, 0) is 39.7 Å². The van der Waals surface area contributed by atoms with Gasteiger partial charge in [0.15, 0.2) is 0 Å². The largest absolute Gasteiger partial charge is 0.573 e. The van der Waals surface area contributed by atoms with Gasteiger partial charge in [-0.3, -0.25) is 9.20 Å². The number of nitrogens with zero attached hydrogens (tertiary/aromatic N) is 3. The van der Waals surface area contributed by atoms with E-state index >= 15 is 0 Å². The van der Waals surface area contributed by atoms with E-state index in [1.807, 2.05) is 0 Å². The molecule has 1 aromatic carbocycles. The van der Waals surface area contributed by atoms with Crippen LogP contribution < -0.4 is 10.3 Å². The Kier molecular flexibility index (Phi) is 3.47. The number of hydrogen-bond acceptors (Lipinski definition) is 5. The van der Waals surface area contributed by atoms with Crippen LogP contribution in [0.15, 0.2) is 41.5 Å². The number of nitrogens with one attached hydrogen (secondary N) is 1. The Labute approximate surface area is 130 Å². The molecule has 0 aliphatic heterocycles. The van der Waals surface area contributed by atoms with Crippen LogP contribution in [0.25, 0.3) is 16.9 Å². The van der Waals surface area contributed by atoms with Crippen LogP contribution in [0.5, 0.6) is 5.75 Å². The van der Waals surface area contributed by atoms with Crippen molar-refractivity contribution in [3.8, 4) is 17.0 Å². The van der Waals surface area contributed by atoms with Crippen LogP contribution in [0.2, 0.25) is 0 Å². The lowest BCUT2D eigenvalue weighted by molar-refractivity contribution is -0.389. The summed E-state index contributed by atoms with van der Waals surface area (Å²) in [5, 5.41) is 10.7. The number of ether oxygens (including phenoxy) is 1. The van der Waals surface area contributed by atoms with Crippen LogP contribution >= 0.6 is 0 Å². The molecule has 124 valence electrons. The Morgan fingerprint density at radius 2 is 1.88 bits per heavy atom. The maximum Gasteiger partial charge on any atom is 0.573 e. The number of hydrogen-bond donors (Lipinski definition) is 1. The Bertz CT molecular complexity index is 976. The lowest BCUT2D eigenvalue weighted by Gasteiger charge is -2.09. The van der Waals surface area contributed by atoms with Crippen LogP contribution in [0.4, 0.5) is 19.0 Å². The first-order valence-electron chi connectivity index (χ1n) is 6.35. The van der Waals surface area contributed by atoms with Crippen LogP contribution in [0, 0.1) is 10.1 Å². The third-order valence-electron chi connectivity index (χ3n) is 3.03. The average molecular weight is 340 g/mol. The smallest absolute Gasteiger partial charge is 0.406 e. The van der Waals surface area contributed by atoms with Crippen molar-refractivity contribution in [3.05, 3.63) is 57.1 Å². The molecular weight excluding hydrogens is 333 g/mol. The molecule has 0 fully saturated rings. The predicted octanol–water partition coefficient (Wildman–Crippen LogP) is 2.50. The summed E-state index contributed by atoms with van der Waals surface area (Å²) in [5.74, 6) is -0.903. The van der Waals surface area contributed by atoms with Gasteiger partial charge in [0, 0.05) is 6.20 Å². The molecule has 0 saturated carbocycles. The molecule has 0 aliphatic carbocycles. The Balaban J connectivity index is 2.00. The lowest BCUT2D eigenvalue weighted by atomic mass is 10.1. The Hall–Kier alpha value is -3.37. The summed E-state index contributed by atoms with van der Waals surface area (Å²) in [4.78, 5) is 27.9.